The SMILES string of the molecule is O=C1C2=C(Oc3c(c4nc5ccccc5nc4c4ccccc34)C2c2ccc(Cl)c([N+](=O)[O-])c2)c2ccccc21. The van der Waals surface area contributed by atoms with E-state index < -0.39 is 10.8 Å². The Morgan fingerprint density at radius 3 is 2.20 bits per heavy atom. The van der Waals surface area contributed by atoms with Crippen LogP contribution in [0.15, 0.2) is 96.6 Å². The van der Waals surface area contributed by atoms with E-state index >= 15 is 0 Å². The predicted octanol–water partition coefficient (Wildman–Crippen LogP) is 7.63. The van der Waals surface area contributed by atoms with Crippen molar-refractivity contribution in [3.05, 3.63) is 134 Å². The van der Waals surface area contributed by atoms with Crippen LogP contribution in [-0.4, -0.2) is 20.7 Å². The van der Waals surface area contributed by atoms with Crippen LogP contribution in [0.25, 0.3) is 38.6 Å². The summed E-state index contributed by atoms with van der Waals surface area (Å²) in [6.45, 7) is 0. The number of ketones is 1. The summed E-state index contributed by atoms with van der Waals surface area (Å²) < 4.78 is 6.67. The molecule has 2 heterocycles. The number of allylic oxidation sites excluding steroid dienone is 1. The van der Waals surface area contributed by atoms with Crippen LogP contribution >= 0.6 is 11.6 Å². The molecule has 0 spiro atoms. The molecule has 0 saturated heterocycles. The van der Waals surface area contributed by atoms with Crippen LogP contribution in [0, 0.1) is 10.1 Å². The van der Waals surface area contributed by atoms with E-state index in [1.54, 1.807) is 12.1 Å². The number of nitro benzene ring substituents is 1. The molecule has 0 amide bonds. The van der Waals surface area contributed by atoms with Gasteiger partial charge in [0.1, 0.15) is 16.5 Å². The standard InChI is InChI=1S/C32H16ClN3O4/c33-21-14-13-16(15-24(21)36(38)39)25-26-29-28(34-22-11-5-6-12-23(22)35-29)17-7-1-3-9-19(17)31(26)40-32-20-10-4-2-8-18(20)30(37)27(25)32/h1-15,25H. The average Bonchev–Trinajstić information content (AvgIpc) is 3.27. The number of hydrogen-bond donors (Lipinski definition) is 0. The zero-order valence-corrected chi connectivity index (χ0v) is 21.3. The normalized spacial score (nSPS) is 15.7. The highest BCUT2D eigenvalue weighted by Gasteiger charge is 2.44. The van der Waals surface area contributed by atoms with Gasteiger partial charge in [0.15, 0.2) is 5.78 Å². The van der Waals surface area contributed by atoms with Crippen molar-refractivity contribution in [3.63, 3.8) is 0 Å². The lowest BCUT2D eigenvalue weighted by molar-refractivity contribution is -0.384. The summed E-state index contributed by atoms with van der Waals surface area (Å²) in [5.74, 6) is 0.110. The van der Waals surface area contributed by atoms with Crippen molar-refractivity contribution in [2.75, 3.05) is 0 Å². The molecule has 6 aromatic rings. The number of Topliss-reactive ketones (excluding diaryl/α,β-unsaturated/α-hetero) is 1. The molecule has 0 fully saturated rings. The van der Waals surface area contributed by atoms with E-state index in [1.807, 2.05) is 66.7 Å². The molecule has 8 rings (SSSR count). The highest BCUT2D eigenvalue weighted by atomic mass is 35.5. The van der Waals surface area contributed by atoms with E-state index in [4.69, 9.17) is 26.3 Å². The molecule has 1 aliphatic heterocycles. The smallest absolute Gasteiger partial charge is 0.288 e. The lowest BCUT2D eigenvalue weighted by Crippen LogP contribution is -2.19. The van der Waals surface area contributed by atoms with Crippen LogP contribution in [0.3, 0.4) is 0 Å². The van der Waals surface area contributed by atoms with E-state index in [1.165, 1.54) is 12.1 Å². The summed E-state index contributed by atoms with van der Waals surface area (Å²) in [6.07, 6.45) is 0. The van der Waals surface area contributed by atoms with Crippen LogP contribution in [-0.2, 0) is 0 Å². The zero-order valence-electron chi connectivity index (χ0n) is 20.6. The van der Waals surface area contributed by atoms with Gasteiger partial charge in [-0.2, -0.15) is 0 Å². The largest absolute Gasteiger partial charge is 0.455 e. The Balaban J connectivity index is 1.55. The van der Waals surface area contributed by atoms with Gasteiger partial charge in [0.05, 0.1) is 32.6 Å². The first-order chi connectivity index (χ1) is 19.5. The zero-order chi connectivity index (χ0) is 27.1. The Kier molecular flexibility index (Phi) is 4.66. The minimum absolute atomic E-state index is 0.0189. The van der Waals surface area contributed by atoms with E-state index in [9.17, 15) is 14.9 Å². The molecular formula is C32H16ClN3O4. The summed E-state index contributed by atoms with van der Waals surface area (Å²) in [5, 5.41) is 13.6. The van der Waals surface area contributed by atoms with Gasteiger partial charge in [-0.1, -0.05) is 78.3 Å². The molecule has 0 N–H and O–H groups in total. The highest BCUT2D eigenvalue weighted by molar-refractivity contribution is 6.32. The van der Waals surface area contributed by atoms with E-state index in [2.05, 4.69) is 0 Å². The first-order valence-electron chi connectivity index (χ1n) is 12.6. The third-order valence-electron chi connectivity index (χ3n) is 7.68. The van der Waals surface area contributed by atoms with E-state index in [0.717, 1.165) is 16.3 Å². The summed E-state index contributed by atoms with van der Waals surface area (Å²) in [4.78, 5) is 35.4. The number of benzene rings is 5. The predicted molar refractivity (Wildman–Crippen MR) is 153 cm³/mol. The molecule has 0 bridgehead atoms. The van der Waals surface area contributed by atoms with Crippen molar-refractivity contribution in [2.24, 2.45) is 0 Å². The van der Waals surface area contributed by atoms with Gasteiger partial charge in [0, 0.05) is 39.4 Å². The van der Waals surface area contributed by atoms with Crippen molar-refractivity contribution in [3.8, 4) is 5.75 Å². The number of halogens is 1. The Morgan fingerprint density at radius 2 is 1.45 bits per heavy atom. The molecule has 1 aliphatic carbocycles. The molecule has 0 radical (unpaired) electrons. The van der Waals surface area contributed by atoms with Gasteiger partial charge >= 0.3 is 0 Å². The topological polar surface area (TPSA) is 95.2 Å². The van der Waals surface area contributed by atoms with Gasteiger partial charge in [-0.05, 0) is 23.8 Å². The van der Waals surface area contributed by atoms with Crippen molar-refractivity contribution in [2.45, 2.75) is 5.92 Å². The third kappa shape index (κ3) is 3.03. The number of ether oxygens (including phenoxy) is 1. The second kappa shape index (κ2) is 8.18. The van der Waals surface area contributed by atoms with E-state index in [-0.39, 0.29) is 16.5 Å². The molecule has 5 aromatic carbocycles. The third-order valence-corrected chi connectivity index (χ3v) is 8.00. The second-order valence-corrected chi connectivity index (χ2v) is 10.2. The molecule has 2 aliphatic rings. The fourth-order valence-corrected chi connectivity index (χ4v) is 6.15. The molecule has 8 heteroatoms. The minimum Gasteiger partial charge on any atom is -0.455 e. The van der Waals surface area contributed by atoms with Gasteiger partial charge in [0.2, 0.25) is 0 Å². The number of rotatable bonds is 2. The fraction of sp³-hybridized carbons (Fsp3) is 0.0312. The summed E-state index contributed by atoms with van der Waals surface area (Å²) in [6, 6.07) is 27.4. The number of nitrogens with zero attached hydrogens (tertiary/aromatic N) is 3. The molecule has 7 nitrogen and oxygen atoms in total. The number of para-hydroxylation sites is 2. The van der Waals surface area contributed by atoms with Crippen LogP contribution in [0.5, 0.6) is 5.75 Å². The average molecular weight is 542 g/mol. The summed E-state index contributed by atoms with van der Waals surface area (Å²) in [5.41, 5.74) is 5.24. The molecule has 1 unspecified atom stereocenters. The van der Waals surface area contributed by atoms with Crippen molar-refractivity contribution < 1.29 is 14.5 Å². The highest BCUT2D eigenvalue weighted by Crippen LogP contribution is 2.55. The Morgan fingerprint density at radius 1 is 0.800 bits per heavy atom. The van der Waals surface area contributed by atoms with Gasteiger partial charge in [-0.15, -0.1) is 0 Å². The van der Waals surface area contributed by atoms with Crippen molar-refractivity contribution >= 4 is 61.7 Å². The summed E-state index contributed by atoms with van der Waals surface area (Å²) in [7, 11) is 0. The monoisotopic (exact) mass is 541 g/mol. The molecule has 1 aromatic heterocycles. The quantitative estimate of drug-likeness (QED) is 0.0967. The van der Waals surface area contributed by atoms with Crippen LogP contribution in [0.1, 0.15) is 33.0 Å². The van der Waals surface area contributed by atoms with Crippen LogP contribution in [0.4, 0.5) is 5.69 Å². The number of fused-ring (bicyclic) bond motifs is 9. The van der Waals surface area contributed by atoms with Gasteiger partial charge in [0.25, 0.3) is 5.69 Å². The lowest BCUT2D eigenvalue weighted by Gasteiger charge is -2.29. The molecule has 0 saturated carbocycles. The maximum absolute atomic E-state index is 14.0. The van der Waals surface area contributed by atoms with Crippen LogP contribution in [0.2, 0.25) is 5.02 Å². The molecular weight excluding hydrogens is 526 g/mol. The second-order valence-electron chi connectivity index (χ2n) is 9.82. The molecule has 190 valence electrons. The Labute approximate surface area is 231 Å². The Bertz CT molecular complexity index is 2170. The maximum Gasteiger partial charge on any atom is 0.288 e. The first kappa shape index (κ1) is 22.8. The van der Waals surface area contributed by atoms with Gasteiger partial charge in [-0.25, -0.2) is 9.97 Å². The lowest BCUT2D eigenvalue weighted by atomic mass is 9.79. The molecule has 1 atom stereocenters. The fourth-order valence-electron chi connectivity index (χ4n) is 5.97. The minimum atomic E-state index is -0.711. The van der Waals surface area contributed by atoms with Crippen molar-refractivity contribution in [1.29, 1.82) is 0 Å². The number of aromatic nitrogens is 2. The number of carbonyl (C=O) groups is 1. The van der Waals surface area contributed by atoms with E-state index in [0.29, 0.717) is 55.9 Å². The summed E-state index contributed by atoms with van der Waals surface area (Å²) >= 11 is 6.21. The number of carbonyl (C=O) groups excluding carboxylic acids is 1. The van der Waals surface area contributed by atoms with Crippen molar-refractivity contribution in [1.82, 2.24) is 9.97 Å². The molecule has 40 heavy (non-hydrogen) atoms. The number of hydrogen-bond acceptors (Lipinski definition) is 6. The van der Waals surface area contributed by atoms with Crippen LogP contribution < -0.4 is 4.74 Å². The Hall–Kier alpha value is -5.14. The van der Waals surface area contributed by atoms with Gasteiger partial charge < -0.3 is 4.74 Å². The maximum atomic E-state index is 14.0. The van der Waals surface area contributed by atoms with Gasteiger partial charge in [-0.3, -0.25) is 14.9 Å². The number of nitro groups is 1. The first-order valence-corrected chi connectivity index (χ1v) is 13.0.